The second kappa shape index (κ2) is 2.83. The highest BCUT2D eigenvalue weighted by molar-refractivity contribution is 6.00. The lowest BCUT2D eigenvalue weighted by Crippen LogP contribution is -2.25. The largest absolute Gasteiger partial charge is 0.366 e. The molecule has 0 saturated carbocycles. The summed E-state index contributed by atoms with van der Waals surface area (Å²) in [6.07, 6.45) is 1.60. The summed E-state index contributed by atoms with van der Waals surface area (Å²) in [6.45, 7) is 0. The Labute approximate surface area is 80.9 Å². The summed E-state index contributed by atoms with van der Waals surface area (Å²) < 4.78 is 0. The number of rotatable bonds is 2. The van der Waals surface area contributed by atoms with E-state index in [2.05, 4.69) is 0 Å². The molecule has 2 amide bonds. The third-order valence-corrected chi connectivity index (χ3v) is 2.59. The minimum Gasteiger partial charge on any atom is -0.366 e. The van der Waals surface area contributed by atoms with Crippen molar-refractivity contribution in [1.82, 2.24) is 0 Å². The SMILES string of the molecule is NC(=O)c1ccc(C(N)=O)c2c1CC2. The average Bonchev–Trinajstić information content (AvgIpc) is 2.04. The van der Waals surface area contributed by atoms with Gasteiger partial charge < -0.3 is 11.5 Å². The minimum absolute atomic E-state index is 0.447. The van der Waals surface area contributed by atoms with Crippen molar-refractivity contribution in [3.8, 4) is 0 Å². The zero-order chi connectivity index (χ0) is 10.3. The van der Waals surface area contributed by atoms with Gasteiger partial charge in [0.1, 0.15) is 0 Å². The Hall–Kier alpha value is -1.84. The summed E-state index contributed by atoms with van der Waals surface area (Å²) in [5, 5.41) is 0. The molecule has 14 heavy (non-hydrogen) atoms. The van der Waals surface area contributed by atoms with E-state index in [0.29, 0.717) is 11.1 Å². The summed E-state index contributed by atoms with van der Waals surface area (Å²) in [4.78, 5) is 22.0. The van der Waals surface area contributed by atoms with Gasteiger partial charge in [-0.15, -0.1) is 0 Å². The first-order valence-corrected chi connectivity index (χ1v) is 4.35. The van der Waals surface area contributed by atoms with Crippen LogP contribution >= 0.6 is 0 Å². The average molecular weight is 190 g/mol. The predicted octanol–water partition coefficient (Wildman–Crippen LogP) is -0.0170. The number of fused-ring (bicyclic) bond motifs is 1. The van der Waals surface area contributed by atoms with E-state index in [4.69, 9.17) is 11.5 Å². The van der Waals surface area contributed by atoms with Crippen molar-refractivity contribution in [2.75, 3.05) is 0 Å². The zero-order valence-electron chi connectivity index (χ0n) is 7.54. The lowest BCUT2D eigenvalue weighted by molar-refractivity contribution is 0.0985. The van der Waals surface area contributed by atoms with Crippen LogP contribution in [0.3, 0.4) is 0 Å². The first kappa shape index (κ1) is 8.74. The van der Waals surface area contributed by atoms with Crippen molar-refractivity contribution in [3.05, 3.63) is 34.4 Å². The second-order valence-corrected chi connectivity index (χ2v) is 3.35. The molecule has 0 heterocycles. The van der Waals surface area contributed by atoms with Crippen LogP contribution in [0.1, 0.15) is 31.8 Å². The topological polar surface area (TPSA) is 86.2 Å². The van der Waals surface area contributed by atoms with Crippen molar-refractivity contribution >= 4 is 11.8 Å². The molecule has 4 heteroatoms. The summed E-state index contributed by atoms with van der Waals surface area (Å²) in [7, 11) is 0. The van der Waals surface area contributed by atoms with Crippen molar-refractivity contribution in [2.24, 2.45) is 11.5 Å². The summed E-state index contributed by atoms with van der Waals surface area (Å²) in [5.74, 6) is -0.894. The summed E-state index contributed by atoms with van der Waals surface area (Å²) in [5.41, 5.74) is 13.2. The molecule has 0 aliphatic heterocycles. The fourth-order valence-electron chi connectivity index (χ4n) is 1.80. The molecule has 0 saturated heterocycles. The number of nitrogens with two attached hydrogens (primary N) is 2. The van der Waals surface area contributed by atoms with Gasteiger partial charge in [-0.25, -0.2) is 0 Å². The van der Waals surface area contributed by atoms with Crippen molar-refractivity contribution in [1.29, 1.82) is 0 Å². The Balaban J connectivity index is 2.59. The minimum atomic E-state index is -0.447. The first-order chi connectivity index (χ1) is 6.61. The lowest BCUT2D eigenvalue weighted by atomic mass is 9.81. The van der Waals surface area contributed by atoms with E-state index < -0.39 is 11.8 Å². The van der Waals surface area contributed by atoms with Gasteiger partial charge in [-0.3, -0.25) is 9.59 Å². The number of benzene rings is 1. The van der Waals surface area contributed by atoms with Crippen LogP contribution < -0.4 is 11.5 Å². The van der Waals surface area contributed by atoms with Gasteiger partial charge in [0.2, 0.25) is 11.8 Å². The summed E-state index contributed by atoms with van der Waals surface area (Å²) in [6, 6.07) is 3.14. The molecule has 2 rings (SSSR count). The van der Waals surface area contributed by atoms with Crippen molar-refractivity contribution in [2.45, 2.75) is 12.8 Å². The third-order valence-electron chi connectivity index (χ3n) is 2.59. The van der Waals surface area contributed by atoms with Crippen molar-refractivity contribution < 1.29 is 9.59 Å². The molecule has 4 nitrogen and oxygen atoms in total. The highest BCUT2D eigenvalue weighted by atomic mass is 16.1. The molecular weight excluding hydrogens is 180 g/mol. The normalized spacial score (nSPS) is 12.9. The Bertz CT molecular complexity index is 397. The standard InChI is InChI=1S/C10H10N2O2/c11-9(13)7-3-4-8(10(12)14)6-2-1-5(6)7/h3-4H,1-2H2,(H2,11,13)(H2,12,14). The van der Waals surface area contributed by atoms with Crippen LogP contribution in [-0.4, -0.2) is 11.8 Å². The van der Waals surface area contributed by atoms with Crippen LogP contribution in [0.15, 0.2) is 12.1 Å². The number of carbonyl (C=O) groups excluding carboxylic acids is 2. The second-order valence-electron chi connectivity index (χ2n) is 3.35. The number of hydrogen-bond donors (Lipinski definition) is 2. The van der Waals surface area contributed by atoms with Crippen LogP contribution in [-0.2, 0) is 12.8 Å². The highest BCUT2D eigenvalue weighted by Crippen LogP contribution is 2.29. The molecule has 0 bridgehead atoms. The number of carbonyl (C=O) groups is 2. The van der Waals surface area contributed by atoms with Crippen LogP contribution in [0, 0.1) is 0 Å². The number of primary amides is 2. The van der Waals surface area contributed by atoms with Gasteiger partial charge in [0.25, 0.3) is 0 Å². The monoisotopic (exact) mass is 190 g/mol. The van der Waals surface area contributed by atoms with E-state index in [9.17, 15) is 9.59 Å². The Morgan fingerprint density at radius 3 is 1.50 bits per heavy atom. The maximum Gasteiger partial charge on any atom is 0.248 e. The molecule has 0 aromatic heterocycles. The van der Waals surface area contributed by atoms with E-state index >= 15 is 0 Å². The van der Waals surface area contributed by atoms with Crippen LogP contribution in [0.25, 0.3) is 0 Å². The lowest BCUT2D eigenvalue weighted by Gasteiger charge is -2.23. The molecule has 4 N–H and O–H groups in total. The van der Waals surface area contributed by atoms with E-state index in [1.165, 1.54) is 0 Å². The van der Waals surface area contributed by atoms with Gasteiger partial charge in [-0.1, -0.05) is 0 Å². The predicted molar refractivity (Wildman–Crippen MR) is 50.9 cm³/mol. The molecule has 0 unspecified atom stereocenters. The molecule has 1 aromatic carbocycles. The van der Waals surface area contributed by atoms with Crippen LogP contribution in [0.5, 0.6) is 0 Å². The Morgan fingerprint density at radius 1 is 0.929 bits per heavy atom. The van der Waals surface area contributed by atoms with Crippen LogP contribution in [0.2, 0.25) is 0 Å². The zero-order valence-corrected chi connectivity index (χ0v) is 7.54. The Morgan fingerprint density at radius 2 is 1.29 bits per heavy atom. The molecule has 72 valence electrons. The van der Waals surface area contributed by atoms with Gasteiger partial charge >= 0.3 is 0 Å². The molecule has 0 radical (unpaired) electrons. The molecule has 0 spiro atoms. The fourth-order valence-corrected chi connectivity index (χ4v) is 1.80. The third kappa shape index (κ3) is 1.08. The first-order valence-electron chi connectivity index (χ1n) is 4.35. The van der Waals surface area contributed by atoms with Crippen LogP contribution in [0.4, 0.5) is 0 Å². The maximum absolute atomic E-state index is 11.0. The van der Waals surface area contributed by atoms with Gasteiger partial charge in [0, 0.05) is 11.1 Å². The molecular formula is C10H10N2O2. The smallest absolute Gasteiger partial charge is 0.248 e. The maximum atomic E-state index is 11.0. The molecule has 0 fully saturated rings. The fraction of sp³-hybridized carbons (Fsp3) is 0.200. The summed E-state index contributed by atoms with van der Waals surface area (Å²) >= 11 is 0. The molecule has 1 aromatic rings. The van der Waals surface area contributed by atoms with E-state index in [0.717, 1.165) is 24.0 Å². The molecule has 1 aliphatic carbocycles. The molecule has 1 aliphatic rings. The van der Waals surface area contributed by atoms with Gasteiger partial charge in [0.05, 0.1) is 0 Å². The highest BCUT2D eigenvalue weighted by Gasteiger charge is 2.24. The van der Waals surface area contributed by atoms with E-state index in [-0.39, 0.29) is 0 Å². The van der Waals surface area contributed by atoms with Gasteiger partial charge in [-0.2, -0.15) is 0 Å². The molecule has 0 atom stereocenters. The number of hydrogen-bond acceptors (Lipinski definition) is 2. The van der Waals surface area contributed by atoms with E-state index in [1.807, 2.05) is 0 Å². The van der Waals surface area contributed by atoms with E-state index in [1.54, 1.807) is 12.1 Å². The van der Waals surface area contributed by atoms with Gasteiger partial charge in [0.15, 0.2) is 0 Å². The van der Waals surface area contributed by atoms with Crippen molar-refractivity contribution in [3.63, 3.8) is 0 Å². The Kier molecular flexibility index (Phi) is 1.77. The number of amides is 2. The van der Waals surface area contributed by atoms with Gasteiger partial charge in [-0.05, 0) is 36.1 Å². The quantitative estimate of drug-likeness (QED) is 0.686.